The van der Waals surface area contributed by atoms with Crippen LogP contribution in [0.5, 0.6) is 0 Å². The van der Waals surface area contributed by atoms with Gasteiger partial charge in [0.15, 0.2) is 0 Å². The first-order valence-electron chi connectivity index (χ1n) is 5.01. The Bertz CT molecular complexity index is 521. The van der Waals surface area contributed by atoms with E-state index in [1.807, 2.05) is 19.2 Å². The first-order valence-corrected chi connectivity index (χ1v) is 7.88. The Balaban J connectivity index is 2.94. The quantitative estimate of drug-likeness (QED) is 0.882. The van der Waals surface area contributed by atoms with E-state index in [4.69, 9.17) is 5.26 Å². The lowest BCUT2D eigenvalue weighted by Gasteiger charge is -2.12. The molecule has 6 heteroatoms. The minimum Gasteiger partial charge on any atom is -0.208 e. The van der Waals surface area contributed by atoms with E-state index in [9.17, 15) is 8.42 Å². The minimum atomic E-state index is -3.53. The second kappa shape index (κ2) is 6.05. The van der Waals surface area contributed by atoms with Crippen LogP contribution in [0.4, 0.5) is 0 Å². The molecule has 1 atom stereocenters. The van der Waals surface area contributed by atoms with Crippen LogP contribution in [0.1, 0.15) is 12.5 Å². The lowest BCUT2D eigenvalue weighted by molar-refractivity contribution is 0.571. The normalized spacial score (nSPS) is 13.0. The molecule has 4 nitrogen and oxygen atoms in total. The molecule has 0 amide bonds. The van der Waals surface area contributed by atoms with Gasteiger partial charge in [0.2, 0.25) is 10.0 Å². The molecule has 1 aromatic carbocycles. The number of hydrogen-bond acceptors (Lipinski definition) is 4. The number of thioether (sulfide) groups is 1. The van der Waals surface area contributed by atoms with Gasteiger partial charge in [0, 0.05) is 11.8 Å². The third-order valence-electron chi connectivity index (χ3n) is 2.05. The summed E-state index contributed by atoms with van der Waals surface area (Å²) in [5.41, 5.74) is 0.338. The number of nitrogens with one attached hydrogen (secondary N) is 1. The van der Waals surface area contributed by atoms with Crippen LogP contribution in [0.15, 0.2) is 29.2 Å². The van der Waals surface area contributed by atoms with Gasteiger partial charge in [-0.3, -0.25) is 0 Å². The summed E-state index contributed by atoms with van der Waals surface area (Å²) < 4.78 is 26.5. The van der Waals surface area contributed by atoms with E-state index in [0.29, 0.717) is 11.3 Å². The van der Waals surface area contributed by atoms with Gasteiger partial charge in [-0.05, 0) is 31.4 Å². The van der Waals surface area contributed by atoms with E-state index in [1.54, 1.807) is 23.9 Å². The number of rotatable bonds is 5. The summed E-state index contributed by atoms with van der Waals surface area (Å²) in [6.45, 7) is 1.81. The molecule has 1 aromatic rings. The Morgan fingerprint density at radius 2 is 2.24 bits per heavy atom. The fourth-order valence-corrected chi connectivity index (χ4v) is 3.33. The van der Waals surface area contributed by atoms with Crippen LogP contribution >= 0.6 is 11.8 Å². The number of nitriles is 1. The largest absolute Gasteiger partial charge is 0.240 e. The molecule has 0 saturated heterocycles. The SMILES string of the molecule is CSCC(C)NS(=O)(=O)c1cccc(C#N)c1. The first kappa shape index (κ1) is 14.0. The van der Waals surface area contributed by atoms with E-state index in [-0.39, 0.29) is 10.9 Å². The van der Waals surface area contributed by atoms with Crippen molar-refractivity contribution in [1.82, 2.24) is 4.72 Å². The lowest BCUT2D eigenvalue weighted by atomic mass is 10.2. The van der Waals surface area contributed by atoms with Crippen molar-refractivity contribution in [2.45, 2.75) is 17.9 Å². The molecule has 0 aliphatic heterocycles. The van der Waals surface area contributed by atoms with Crippen LogP contribution in [-0.4, -0.2) is 26.5 Å². The second-order valence-corrected chi connectivity index (χ2v) is 6.24. The van der Waals surface area contributed by atoms with Crippen molar-refractivity contribution in [2.24, 2.45) is 0 Å². The average molecular weight is 270 g/mol. The predicted octanol–water partition coefficient (Wildman–Crippen LogP) is 1.59. The molecule has 1 rings (SSSR count). The van der Waals surface area contributed by atoms with E-state index in [2.05, 4.69) is 4.72 Å². The Labute approximate surface area is 106 Å². The first-order chi connectivity index (χ1) is 7.99. The van der Waals surface area contributed by atoms with Gasteiger partial charge in [-0.15, -0.1) is 0 Å². The number of sulfonamides is 1. The molecule has 0 radical (unpaired) electrons. The summed E-state index contributed by atoms with van der Waals surface area (Å²) in [4.78, 5) is 0.129. The minimum absolute atomic E-state index is 0.129. The average Bonchev–Trinajstić information content (AvgIpc) is 2.28. The van der Waals surface area contributed by atoms with Crippen molar-refractivity contribution in [1.29, 1.82) is 5.26 Å². The summed E-state index contributed by atoms with van der Waals surface area (Å²) >= 11 is 1.57. The highest BCUT2D eigenvalue weighted by Gasteiger charge is 2.17. The fourth-order valence-electron chi connectivity index (χ4n) is 1.35. The highest BCUT2D eigenvalue weighted by atomic mass is 32.2. The van der Waals surface area contributed by atoms with Crippen LogP contribution in [0.25, 0.3) is 0 Å². The highest BCUT2D eigenvalue weighted by Crippen LogP contribution is 2.12. The highest BCUT2D eigenvalue weighted by molar-refractivity contribution is 7.98. The molecule has 17 heavy (non-hydrogen) atoms. The van der Waals surface area contributed by atoms with Crippen molar-refractivity contribution in [2.75, 3.05) is 12.0 Å². The van der Waals surface area contributed by atoms with Crippen LogP contribution in [-0.2, 0) is 10.0 Å². The molecule has 0 saturated carbocycles. The standard InChI is InChI=1S/C11H14N2O2S2/c1-9(8-16-2)13-17(14,15)11-5-3-4-10(6-11)7-12/h3-6,9,13H,8H2,1-2H3. The van der Waals surface area contributed by atoms with E-state index >= 15 is 0 Å². The van der Waals surface area contributed by atoms with Crippen molar-refractivity contribution >= 4 is 21.8 Å². The predicted molar refractivity (Wildman–Crippen MR) is 69.3 cm³/mol. The van der Waals surface area contributed by atoms with Crippen molar-refractivity contribution < 1.29 is 8.42 Å². The Morgan fingerprint density at radius 1 is 1.53 bits per heavy atom. The molecular weight excluding hydrogens is 256 g/mol. The molecule has 0 fully saturated rings. The number of hydrogen-bond donors (Lipinski definition) is 1. The Hall–Kier alpha value is -1.03. The zero-order chi connectivity index (χ0) is 12.9. The molecule has 1 unspecified atom stereocenters. The zero-order valence-electron chi connectivity index (χ0n) is 9.67. The summed E-state index contributed by atoms with van der Waals surface area (Å²) in [6, 6.07) is 7.77. The van der Waals surface area contributed by atoms with Gasteiger partial charge in [0.25, 0.3) is 0 Å². The molecule has 0 heterocycles. The molecule has 0 aliphatic carbocycles. The molecule has 1 N–H and O–H groups in total. The van der Waals surface area contributed by atoms with Crippen LogP contribution in [0.3, 0.4) is 0 Å². The monoisotopic (exact) mass is 270 g/mol. The van der Waals surface area contributed by atoms with E-state index in [1.165, 1.54) is 12.1 Å². The molecule has 92 valence electrons. The van der Waals surface area contributed by atoms with Crippen molar-refractivity contribution in [3.8, 4) is 6.07 Å². The zero-order valence-corrected chi connectivity index (χ0v) is 11.3. The van der Waals surface area contributed by atoms with Gasteiger partial charge < -0.3 is 0 Å². The van der Waals surface area contributed by atoms with E-state index < -0.39 is 10.0 Å². The van der Waals surface area contributed by atoms with Gasteiger partial charge >= 0.3 is 0 Å². The topological polar surface area (TPSA) is 70.0 Å². The van der Waals surface area contributed by atoms with Crippen LogP contribution in [0.2, 0.25) is 0 Å². The van der Waals surface area contributed by atoms with Gasteiger partial charge in [-0.2, -0.15) is 17.0 Å². The Kier molecular flexibility index (Phi) is 5.00. The van der Waals surface area contributed by atoms with Crippen LogP contribution in [0, 0.1) is 11.3 Å². The van der Waals surface area contributed by atoms with Gasteiger partial charge in [-0.1, -0.05) is 6.07 Å². The molecule has 0 aliphatic rings. The summed E-state index contributed by atoms with van der Waals surface area (Å²) in [5, 5.41) is 8.73. The second-order valence-electron chi connectivity index (χ2n) is 3.62. The number of nitrogens with zero attached hydrogens (tertiary/aromatic N) is 1. The third kappa shape index (κ3) is 4.04. The summed E-state index contributed by atoms with van der Waals surface area (Å²) in [5.74, 6) is 0.706. The van der Waals surface area contributed by atoms with Gasteiger partial charge in [-0.25, -0.2) is 13.1 Å². The maximum Gasteiger partial charge on any atom is 0.240 e. The van der Waals surface area contributed by atoms with E-state index in [0.717, 1.165) is 0 Å². The third-order valence-corrected chi connectivity index (χ3v) is 4.47. The molecule has 0 bridgehead atoms. The lowest BCUT2D eigenvalue weighted by Crippen LogP contribution is -2.34. The molecule has 0 aromatic heterocycles. The fraction of sp³-hybridized carbons (Fsp3) is 0.364. The van der Waals surface area contributed by atoms with Crippen molar-refractivity contribution in [3.05, 3.63) is 29.8 Å². The number of benzene rings is 1. The van der Waals surface area contributed by atoms with Crippen LogP contribution < -0.4 is 4.72 Å². The maximum absolute atomic E-state index is 12.0. The molecular formula is C11H14N2O2S2. The molecule has 0 spiro atoms. The Morgan fingerprint density at radius 3 is 2.82 bits per heavy atom. The maximum atomic E-state index is 12.0. The van der Waals surface area contributed by atoms with Gasteiger partial charge in [0.1, 0.15) is 0 Å². The summed E-state index contributed by atoms with van der Waals surface area (Å²) in [7, 11) is -3.53. The van der Waals surface area contributed by atoms with Crippen molar-refractivity contribution in [3.63, 3.8) is 0 Å². The van der Waals surface area contributed by atoms with Gasteiger partial charge in [0.05, 0.1) is 16.5 Å². The summed E-state index contributed by atoms with van der Waals surface area (Å²) in [6.07, 6.45) is 1.92. The smallest absolute Gasteiger partial charge is 0.208 e.